The van der Waals surface area contributed by atoms with Crippen LogP contribution in [-0.2, 0) is 13.1 Å². The first-order chi connectivity index (χ1) is 12.6. The molecule has 1 heterocycles. The Kier molecular flexibility index (Phi) is 6.83. The average Bonchev–Trinajstić information content (AvgIpc) is 2.65. The maximum Gasteiger partial charge on any atom is 0.166 e. The van der Waals surface area contributed by atoms with E-state index in [0.717, 1.165) is 43.1 Å². The summed E-state index contributed by atoms with van der Waals surface area (Å²) in [7, 11) is 0. The smallest absolute Gasteiger partial charge is 0.166 e. The van der Waals surface area contributed by atoms with Gasteiger partial charge >= 0.3 is 0 Å². The summed E-state index contributed by atoms with van der Waals surface area (Å²) in [5.41, 5.74) is 2.34. The zero-order chi connectivity index (χ0) is 18.4. The fraction of sp³-hybridized carbons (Fsp3) is 0.350. The quantitative estimate of drug-likeness (QED) is 0.683. The topological polar surface area (TPSA) is 28.5 Å². The molecule has 0 unspecified atom stereocenters. The van der Waals surface area contributed by atoms with Gasteiger partial charge in [-0.25, -0.2) is 4.39 Å². The van der Waals surface area contributed by atoms with Gasteiger partial charge in [-0.2, -0.15) is 0 Å². The molecule has 6 heteroatoms. The van der Waals surface area contributed by atoms with Gasteiger partial charge in [0.05, 0.1) is 13.1 Å². The van der Waals surface area contributed by atoms with Crippen LogP contribution >= 0.6 is 23.8 Å². The van der Waals surface area contributed by atoms with Crippen molar-refractivity contribution in [2.75, 3.05) is 13.1 Å². The zero-order valence-corrected chi connectivity index (χ0v) is 16.2. The molecular formula is C20H24ClFN3S+. The van der Waals surface area contributed by atoms with Gasteiger partial charge in [0.15, 0.2) is 5.11 Å². The SMILES string of the molecule is Fc1ccc(CNC(=S)NC2CC[NH+](Cc3ccc(Cl)cc3)CC2)cc1. The molecule has 1 saturated heterocycles. The van der Waals surface area contributed by atoms with Crippen LogP contribution in [0.15, 0.2) is 48.5 Å². The second-order valence-electron chi connectivity index (χ2n) is 6.78. The minimum Gasteiger partial charge on any atom is -0.360 e. The first kappa shape index (κ1) is 19.1. The number of benzene rings is 2. The molecule has 0 saturated carbocycles. The second kappa shape index (κ2) is 9.31. The molecule has 0 aliphatic carbocycles. The van der Waals surface area contributed by atoms with E-state index in [-0.39, 0.29) is 5.82 Å². The Morgan fingerprint density at radius 1 is 1.04 bits per heavy atom. The van der Waals surface area contributed by atoms with Crippen LogP contribution in [0.5, 0.6) is 0 Å². The number of hydrogen-bond acceptors (Lipinski definition) is 1. The molecule has 0 aromatic heterocycles. The van der Waals surface area contributed by atoms with Gasteiger partial charge in [-0.05, 0) is 42.0 Å². The lowest BCUT2D eigenvalue weighted by Crippen LogP contribution is -3.12. The lowest BCUT2D eigenvalue weighted by Gasteiger charge is -2.30. The van der Waals surface area contributed by atoms with Crippen LogP contribution in [0.4, 0.5) is 4.39 Å². The van der Waals surface area contributed by atoms with E-state index in [1.165, 1.54) is 17.7 Å². The summed E-state index contributed by atoms with van der Waals surface area (Å²) in [5.74, 6) is -0.220. The monoisotopic (exact) mass is 392 g/mol. The third kappa shape index (κ3) is 5.94. The largest absolute Gasteiger partial charge is 0.360 e. The molecule has 0 radical (unpaired) electrons. The minimum absolute atomic E-state index is 0.220. The number of quaternary nitrogens is 1. The van der Waals surface area contributed by atoms with Gasteiger partial charge in [-0.1, -0.05) is 35.9 Å². The number of likely N-dealkylation sites (tertiary alicyclic amines) is 1. The summed E-state index contributed by atoms with van der Waals surface area (Å²) in [6.07, 6.45) is 2.20. The van der Waals surface area contributed by atoms with E-state index < -0.39 is 0 Å². The molecule has 3 nitrogen and oxygen atoms in total. The molecule has 2 aromatic rings. The van der Waals surface area contributed by atoms with Gasteiger partial charge in [0, 0.05) is 36.0 Å². The van der Waals surface area contributed by atoms with E-state index >= 15 is 0 Å². The predicted octanol–water partition coefficient (Wildman–Crippen LogP) is 2.69. The molecule has 3 rings (SSSR count). The molecule has 1 aliphatic rings. The van der Waals surface area contributed by atoms with E-state index in [2.05, 4.69) is 22.8 Å². The van der Waals surface area contributed by atoms with Gasteiger partial charge in [-0.3, -0.25) is 0 Å². The lowest BCUT2D eigenvalue weighted by molar-refractivity contribution is -0.918. The number of hydrogen-bond donors (Lipinski definition) is 3. The summed E-state index contributed by atoms with van der Waals surface area (Å²) in [4.78, 5) is 1.59. The highest BCUT2D eigenvalue weighted by Crippen LogP contribution is 2.09. The zero-order valence-electron chi connectivity index (χ0n) is 14.6. The standard InChI is InChI=1S/C20H23ClFN3S/c21-17-5-1-16(2-6-17)14-25-11-9-19(10-12-25)24-20(26)23-13-15-3-7-18(22)8-4-15/h1-8,19H,9-14H2,(H2,23,24,26)/p+1. The fourth-order valence-electron chi connectivity index (χ4n) is 3.26. The van der Waals surface area contributed by atoms with E-state index in [9.17, 15) is 4.39 Å². The second-order valence-corrected chi connectivity index (χ2v) is 7.63. The summed E-state index contributed by atoms with van der Waals surface area (Å²) in [5, 5.41) is 8.06. The number of halogens is 2. The Hall–Kier alpha value is -1.69. The van der Waals surface area contributed by atoms with Crippen molar-refractivity contribution in [2.24, 2.45) is 0 Å². The Balaban J connectivity index is 1.37. The Bertz CT molecular complexity index is 713. The van der Waals surface area contributed by atoms with E-state index in [4.69, 9.17) is 23.8 Å². The molecule has 0 atom stereocenters. The third-order valence-electron chi connectivity index (χ3n) is 4.76. The van der Waals surface area contributed by atoms with Crippen molar-refractivity contribution in [1.82, 2.24) is 10.6 Å². The van der Waals surface area contributed by atoms with Gasteiger partial charge in [0.2, 0.25) is 0 Å². The highest BCUT2D eigenvalue weighted by Gasteiger charge is 2.22. The first-order valence-corrected chi connectivity index (χ1v) is 9.74. The molecule has 1 aliphatic heterocycles. The van der Waals surface area contributed by atoms with Crippen LogP contribution in [0.25, 0.3) is 0 Å². The molecule has 138 valence electrons. The van der Waals surface area contributed by atoms with Crippen molar-refractivity contribution < 1.29 is 9.29 Å². The molecule has 2 aromatic carbocycles. The average molecular weight is 393 g/mol. The van der Waals surface area contributed by atoms with Gasteiger partial charge in [0.25, 0.3) is 0 Å². The molecule has 26 heavy (non-hydrogen) atoms. The normalized spacial score (nSPS) is 19.8. The number of rotatable bonds is 5. The van der Waals surface area contributed by atoms with Crippen LogP contribution in [0.3, 0.4) is 0 Å². The third-order valence-corrected chi connectivity index (χ3v) is 5.28. The van der Waals surface area contributed by atoms with Crippen molar-refractivity contribution >= 4 is 28.9 Å². The predicted molar refractivity (Wildman–Crippen MR) is 108 cm³/mol. The summed E-state index contributed by atoms with van der Waals surface area (Å²) in [6, 6.07) is 15.0. The van der Waals surface area contributed by atoms with Crippen LogP contribution in [0.2, 0.25) is 5.02 Å². The van der Waals surface area contributed by atoms with Crippen molar-refractivity contribution in [3.05, 3.63) is 70.5 Å². The van der Waals surface area contributed by atoms with Crippen LogP contribution in [-0.4, -0.2) is 24.2 Å². The lowest BCUT2D eigenvalue weighted by atomic mass is 10.0. The highest BCUT2D eigenvalue weighted by molar-refractivity contribution is 7.80. The molecule has 0 bridgehead atoms. The number of nitrogens with one attached hydrogen (secondary N) is 3. The maximum atomic E-state index is 12.9. The molecule has 3 N–H and O–H groups in total. The fourth-order valence-corrected chi connectivity index (χ4v) is 3.62. The summed E-state index contributed by atoms with van der Waals surface area (Å²) in [6.45, 7) is 3.89. The van der Waals surface area contributed by atoms with Gasteiger partial charge < -0.3 is 15.5 Å². The number of thiocarbonyl (C=S) groups is 1. The molecule has 1 fully saturated rings. The van der Waals surface area contributed by atoms with Crippen LogP contribution in [0.1, 0.15) is 24.0 Å². The number of piperidine rings is 1. The maximum absolute atomic E-state index is 12.9. The van der Waals surface area contributed by atoms with E-state index in [1.54, 1.807) is 17.0 Å². The summed E-state index contributed by atoms with van der Waals surface area (Å²) < 4.78 is 12.9. The van der Waals surface area contributed by atoms with E-state index in [0.29, 0.717) is 17.7 Å². The minimum atomic E-state index is -0.220. The van der Waals surface area contributed by atoms with Gasteiger partial charge in [-0.15, -0.1) is 0 Å². The molecule has 0 amide bonds. The first-order valence-electron chi connectivity index (χ1n) is 8.95. The molecule has 0 spiro atoms. The Morgan fingerprint density at radius 3 is 2.31 bits per heavy atom. The van der Waals surface area contributed by atoms with Crippen LogP contribution in [0, 0.1) is 5.82 Å². The van der Waals surface area contributed by atoms with Crippen molar-refractivity contribution in [1.29, 1.82) is 0 Å². The Labute approximate surface area is 164 Å². The van der Waals surface area contributed by atoms with Gasteiger partial charge in [0.1, 0.15) is 12.4 Å². The van der Waals surface area contributed by atoms with Crippen molar-refractivity contribution in [2.45, 2.75) is 32.0 Å². The Morgan fingerprint density at radius 2 is 1.65 bits per heavy atom. The van der Waals surface area contributed by atoms with Crippen LogP contribution < -0.4 is 15.5 Å². The highest BCUT2D eigenvalue weighted by atomic mass is 35.5. The van der Waals surface area contributed by atoms with Crippen molar-refractivity contribution in [3.63, 3.8) is 0 Å². The molecular weight excluding hydrogens is 369 g/mol. The van der Waals surface area contributed by atoms with Crippen molar-refractivity contribution in [3.8, 4) is 0 Å². The van der Waals surface area contributed by atoms with E-state index in [1.807, 2.05) is 12.1 Å². The summed E-state index contributed by atoms with van der Waals surface area (Å²) >= 11 is 11.3.